The summed E-state index contributed by atoms with van der Waals surface area (Å²) < 4.78 is 5.80. The van der Waals surface area contributed by atoms with Crippen molar-refractivity contribution in [2.45, 2.75) is 19.9 Å². The summed E-state index contributed by atoms with van der Waals surface area (Å²) in [7, 11) is 0. The summed E-state index contributed by atoms with van der Waals surface area (Å²) >= 11 is 6.43. The lowest BCUT2D eigenvalue weighted by molar-refractivity contribution is -0.119. The van der Waals surface area contributed by atoms with Gasteiger partial charge in [0.1, 0.15) is 5.75 Å². The number of rotatable bonds is 6. The van der Waals surface area contributed by atoms with Crippen LogP contribution in [0.3, 0.4) is 0 Å². The molecule has 0 aliphatic carbocycles. The van der Waals surface area contributed by atoms with Crippen molar-refractivity contribution < 1.29 is 9.53 Å². The molecule has 150 valence electrons. The normalized spacial score (nSPS) is 11.7. The van der Waals surface area contributed by atoms with Gasteiger partial charge in [-0.2, -0.15) is 5.26 Å². The van der Waals surface area contributed by atoms with Gasteiger partial charge in [0.2, 0.25) is 11.8 Å². The number of nitriles is 1. The minimum Gasteiger partial charge on any atom is -0.439 e. The monoisotopic (exact) mass is 417 g/mol. The lowest BCUT2D eigenvalue weighted by atomic mass is 10.0. The number of aromatic nitrogens is 1. The van der Waals surface area contributed by atoms with E-state index in [9.17, 15) is 4.79 Å². The zero-order valence-electron chi connectivity index (χ0n) is 16.6. The van der Waals surface area contributed by atoms with E-state index < -0.39 is 0 Å². The molecular formula is C24H20ClN3O2. The van der Waals surface area contributed by atoms with E-state index in [1.165, 1.54) is 6.92 Å². The SMILES string of the molecule is CC(=O)N[C@@H](C)/C=C/c1ccc(Oc2ccc(-c3ccc(C#N)cc3)c(Cl)c2)nc1. The first-order chi connectivity index (χ1) is 14.4. The standard InChI is InChI=1S/C24H20ClN3O2/c1-16(28-17(2)29)3-4-19-7-12-24(27-15-19)30-21-10-11-22(23(25)13-21)20-8-5-18(14-26)6-9-20/h3-13,15-16H,1-2H3,(H,28,29)/b4-3+/t16-/m0/s1. The molecule has 0 spiro atoms. The van der Waals surface area contributed by atoms with Crippen molar-refractivity contribution in [2.24, 2.45) is 0 Å². The zero-order valence-corrected chi connectivity index (χ0v) is 17.4. The van der Waals surface area contributed by atoms with Crippen LogP contribution in [-0.4, -0.2) is 16.9 Å². The first-order valence-electron chi connectivity index (χ1n) is 9.34. The highest BCUT2D eigenvalue weighted by Crippen LogP contribution is 2.32. The smallest absolute Gasteiger partial charge is 0.219 e. The number of benzene rings is 2. The number of nitrogens with zero attached hydrogens (tertiary/aromatic N) is 2. The van der Waals surface area contributed by atoms with Gasteiger partial charge >= 0.3 is 0 Å². The van der Waals surface area contributed by atoms with E-state index in [0.717, 1.165) is 16.7 Å². The second-order valence-corrected chi connectivity index (χ2v) is 7.12. The summed E-state index contributed by atoms with van der Waals surface area (Å²) in [5.41, 5.74) is 3.28. The van der Waals surface area contributed by atoms with Gasteiger partial charge in [-0.3, -0.25) is 4.79 Å². The van der Waals surface area contributed by atoms with E-state index in [0.29, 0.717) is 22.2 Å². The quantitative estimate of drug-likeness (QED) is 0.566. The number of carbonyl (C=O) groups excluding carboxylic acids is 1. The van der Waals surface area contributed by atoms with E-state index in [1.807, 2.05) is 49.4 Å². The van der Waals surface area contributed by atoms with Crippen molar-refractivity contribution in [3.63, 3.8) is 0 Å². The van der Waals surface area contributed by atoms with Crippen LogP contribution in [0.4, 0.5) is 0 Å². The third kappa shape index (κ3) is 5.69. The molecule has 0 fully saturated rings. The molecule has 0 aliphatic rings. The summed E-state index contributed by atoms with van der Waals surface area (Å²) in [4.78, 5) is 15.3. The molecule has 0 bridgehead atoms. The Morgan fingerprint density at radius 3 is 2.57 bits per heavy atom. The molecule has 1 N–H and O–H groups in total. The summed E-state index contributed by atoms with van der Waals surface area (Å²) in [6.45, 7) is 3.38. The summed E-state index contributed by atoms with van der Waals surface area (Å²) in [5.74, 6) is 0.953. The van der Waals surface area contributed by atoms with Gasteiger partial charge in [0.05, 0.1) is 16.7 Å². The van der Waals surface area contributed by atoms with Gasteiger partial charge in [0.25, 0.3) is 0 Å². The maximum absolute atomic E-state index is 11.0. The largest absolute Gasteiger partial charge is 0.439 e. The number of amides is 1. The minimum atomic E-state index is -0.0714. The van der Waals surface area contributed by atoms with Crippen LogP contribution in [-0.2, 0) is 4.79 Å². The molecule has 3 rings (SSSR count). The Morgan fingerprint density at radius 1 is 1.20 bits per heavy atom. The lowest BCUT2D eigenvalue weighted by Gasteiger charge is -2.09. The number of hydrogen-bond acceptors (Lipinski definition) is 4. The van der Waals surface area contributed by atoms with E-state index >= 15 is 0 Å². The van der Waals surface area contributed by atoms with Crippen LogP contribution < -0.4 is 10.1 Å². The maximum atomic E-state index is 11.0. The van der Waals surface area contributed by atoms with E-state index in [-0.39, 0.29) is 11.9 Å². The van der Waals surface area contributed by atoms with Gasteiger partial charge in [-0.05, 0) is 48.4 Å². The molecule has 0 aliphatic heterocycles. The molecule has 0 radical (unpaired) electrons. The van der Waals surface area contributed by atoms with Gasteiger partial charge in [-0.1, -0.05) is 35.9 Å². The van der Waals surface area contributed by atoms with Gasteiger partial charge < -0.3 is 10.1 Å². The van der Waals surface area contributed by atoms with Crippen LogP contribution in [0.15, 0.2) is 66.9 Å². The molecule has 30 heavy (non-hydrogen) atoms. The molecule has 0 unspecified atom stereocenters. The van der Waals surface area contributed by atoms with Crippen molar-refractivity contribution in [1.82, 2.24) is 10.3 Å². The predicted molar refractivity (Wildman–Crippen MR) is 118 cm³/mol. The van der Waals surface area contributed by atoms with Gasteiger partial charge in [0.15, 0.2) is 0 Å². The maximum Gasteiger partial charge on any atom is 0.219 e. The van der Waals surface area contributed by atoms with E-state index in [1.54, 1.807) is 30.5 Å². The van der Waals surface area contributed by atoms with Crippen molar-refractivity contribution in [1.29, 1.82) is 5.26 Å². The Hall–Kier alpha value is -3.62. The number of carbonyl (C=O) groups is 1. The highest BCUT2D eigenvalue weighted by atomic mass is 35.5. The molecule has 5 nitrogen and oxygen atoms in total. The van der Waals surface area contributed by atoms with Crippen LogP contribution >= 0.6 is 11.6 Å². The first-order valence-corrected chi connectivity index (χ1v) is 9.71. The Balaban J connectivity index is 1.67. The molecule has 1 amide bonds. The first kappa shape index (κ1) is 21.1. The van der Waals surface area contributed by atoms with Crippen LogP contribution in [0.5, 0.6) is 11.6 Å². The zero-order chi connectivity index (χ0) is 21.5. The fourth-order valence-corrected chi connectivity index (χ4v) is 3.09. The molecular weight excluding hydrogens is 398 g/mol. The van der Waals surface area contributed by atoms with E-state index in [2.05, 4.69) is 16.4 Å². The Morgan fingerprint density at radius 2 is 1.97 bits per heavy atom. The average molecular weight is 418 g/mol. The molecule has 1 aromatic heterocycles. The van der Waals surface area contributed by atoms with Crippen molar-refractivity contribution >= 4 is 23.6 Å². The van der Waals surface area contributed by atoms with Gasteiger partial charge in [-0.15, -0.1) is 0 Å². The van der Waals surface area contributed by atoms with Crippen molar-refractivity contribution in [3.05, 3.63) is 83.0 Å². The highest BCUT2D eigenvalue weighted by Gasteiger charge is 2.07. The molecule has 0 saturated heterocycles. The predicted octanol–water partition coefficient (Wildman–Crippen LogP) is 5.60. The van der Waals surface area contributed by atoms with Crippen molar-refractivity contribution in [2.75, 3.05) is 0 Å². The average Bonchev–Trinajstić information content (AvgIpc) is 2.73. The Kier molecular flexibility index (Phi) is 6.84. The second kappa shape index (κ2) is 9.73. The van der Waals surface area contributed by atoms with Gasteiger partial charge in [0, 0.05) is 36.9 Å². The number of ether oxygens (including phenoxy) is 1. The summed E-state index contributed by atoms with van der Waals surface area (Å²) in [5, 5.41) is 12.2. The van der Waals surface area contributed by atoms with Crippen LogP contribution in [0.2, 0.25) is 5.02 Å². The Labute approximate surface area is 180 Å². The van der Waals surface area contributed by atoms with Crippen LogP contribution in [0.1, 0.15) is 25.0 Å². The minimum absolute atomic E-state index is 0.0600. The van der Waals surface area contributed by atoms with Crippen LogP contribution in [0.25, 0.3) is 17.2 Å². The lowest BCUT2D eigenvalue weighted by Crippen LogP contribution is -2.28. The fourth-order valence-electron chi connectivity index (χ4n) is 2.81. The number of hydrogen-bond donors (Lipinski definition) is 1. The molecule has 3 aromatic rings. The molecule has 0 saturated carbocycles. The number of nitrogens with one attached hydrogen (secondary N) is 1. The summed E-state index contributed by atoms with van der Waals surface area (Å²) in [6.07, 6.45) is 5.47. The second-order valence-electron chi connectivity index (χ2n) is 6.71. The van der Waals surface area contributed by atoms with Crippen molar-refractivity contribution in [3.8, 4) is 28.8 Å². The number of pyridine rings is 1. The fraction of sp³-hybridized carbons (Fsp3) is 0.125. The third-order valence-corrected chi connectivity index (χ3v) is 4.57. The highest BCUT2D eigenvalue weighted by molar-refractivity contribution is 6.33. The number of halogens is 1. The molecule has 1 atom stereocenters. The van der Waals surface area contributed by atoms with E-state index in [4.69, 9.17) is 21.6 Å². The summed E-state index contributed by atoms with van der Waals surface area (Å²) in [6, 6.07) is 18.4. The van der Waals surface area contributed by atoms with Crippen LogP contribution in [0, 0.1) is 11.3 Å². The topological polar surface area (TPSA) is 75.0 Å². The Bertz CT molecular complexity index is 1100. The third-order valence-electron chi connectivity index (χ3n) is 4.26. The molecule has 2 aromatic carbocycles. The molecule has 6 heteroatoms. The van der Waals surface area contributed by atoms with Gasteiger partial charge in [-0.25, -0.2) is 4.98 Å². The molecule has 1 heterocycles.